The molecule has 2 N–H and O–H groups in total. The summed E-state index contributed by atoms with van der Waals surface area (Å²) in [6, 6.07) is 22.0. The van der Waals surface area contributed by atoms with Crippen molar-refractivity contribution in [3.63, 3.8) is 0 Å². The highest BCUT2D eigenvalue weighted by Crippen LogP contribution is 2.28. The van der Waals surface area contributed by atoms with E-state index < -0.39 is 5.60 Å². The van der Waals surface area contributed by atoms with Gasteiger partial charge in [0.2, 0.25) is 5.91 Å². The Morgan fingerprint density at radius 2 is 1.62 bits per heavy atom. The number of amides is 1. The van der Waals surface area contributed by atoms with Gasteiger partial charge in [-0.15, -0.1) is 0 Å². The molecule has 0 saturated heterocycles. The van der Waals surface area contributed by atoms with Gasteiger partial charge in [0.25, 0.3) is 0 Å². The van der Waals surface area contributed by atoms with Crippen molar-refractivity contribution >= 4 is 17.2 Å². The van der Waals surface area contributed by atoms with Gasteiger partial charge in [-0.1, -0.05) is 60.7 Å². The van der Waals surface area contributed by atoms with Crippen molar-refractivity contribution in [2.75, 3.05) is 6.54 Å². The molecule has 0 radical (unpaired) electrons. The first-order valence-corrected chi connectivity index (χ1v) is 9.62. The van der Waals surface area contributed by atoms with E-state index in [-0.39, 0.29) is 18.4 Å². The molecular formula is C22H23NO2S. The highest BCUT2D eigenvalue weighted by molar-refractivity contribution is 7.08. The summed E-state index contributed by atoms with van der Waals surface area (Å²) in [6.07, 6.45) is 0.341. The third kappa shape index (κ3) is 4.59. The summed E-state index contributed by atoms with van der Waals surface area (Å²) in [6.45, 7) is 1.92. The molecule has 3 rings (SSSR count). The molecule has 4 heteroatoms. The number of rotatable bonds is 7. The summed E-state index contributed by atoms with van der Waals surface area (Å²) in [5.41, 5.74) is 1.98. The maximum absolute atomic E-state index is 12.6. The van der Waals surface area contributed by atoms with Crippen LogP contribution in [-0.2, 0) is 10.4 Å². The molecule has 0 fully saturated rings. The minimum Gasteiger partial charge on any atom is -0.384 e. The third-order valence-electron chi connectivity index (χ3n) is 4.57. The van der Waals surface area contributed by atoms with E-state index in [0.29, 0.717) is 6.42 Å². The Bertz CT molecular complexity index is 774. The van der Waals surface area contributed by atoms with E-state index in [1.165, 1.54) is 11.3 Å². The van der Waals surface area contributed by atoms with Crippen LogP contribution in [0.25, 0.3) is 0 Å². The molecule has 0 spiro atoms. The van der Waals surface area contributed by atoms with Crippen molar-refractivity contribution in [3.05, 3.63) is 94.2 Å². The van der Waals surface area contributed by atoms with E-state index in [4.69, 9.17) is 0 Å². The van der Waals surface area contributed by atoms with Crippen molar-refractivity contribution in [1.82, 2.24) is 5.32 Å². The fourth-order valence-corrected chi connectivity index (χ4v) is 3.78. The number of thiophene rings is 1. The summed E-state index contributed by atoms with van der Waals surface area (Å²) in [5, 5.41) is 17.3. The molecule has 0 saturated carbocycles. The first kappa shape index (κ1) is 18.4. The first-order chi connectivity index (χ1) is 12.6. The Kier molecular flexibility index (Phi) is 5.86. The van der Waals surface area contributed by atoms with Crippen molar-refractivity contribution in [3.8, 4) is 0 Å². The minimum atomic E-state index is -1.06. The van der Waals surface area contributed by atoms with Gasteiger partial charge >= 0.3 is 0 Å². The summed E-state index contributed by atoms with van der Waals surface area (Å²) in [5.74, 6) is -0.0818. The smallest absolute Gasteiger partial charge is 0.221 e. The zero-order chi connectivity index (χ0) is 18.4. The lowest BCUT2D eigenvalue weighted by molar-refractivity contribution is -0.122. The molecule has 1 amide bonds. The Morgan fingerprint density at radius 1 is 1.04 bits per heavy atom. The second-order valence-corrected chi connectivity index (χ2v) is 7.42. The molecule has 0 aliphatic heterocycles. The normalized spacial score (nSPS) is 13.3. The Morgan fingerprint density at radius 3 is 2.12 bits per heavy atom. The molecule has 2 aromatic carbocycles. The van der Waals surface area contributed by atoms with E-state index >= 15 is 0 Å². The van der Waals surface area contributed by atoms with Crippen molar-refractivity contribution < 1.29 is 9.90 Å². The van der Waals surface area contributed by atoms with Gasteiger partial charge in [0.1, 0.15) is 5.60 Å². The largest absolute Gasteiger partial charge is 0.384 e. The molecule has 1 heterocycles. The molecule has 3 aromatic rings. The first-order valence-electron chi connectivity index (χ1n) is 8.68. The van der Waals surface area contributed by atoms with Crippen LogP contribution in [0.1, 0.15) is 36.0 Å². The molecule has 26 heavy (non-hydrogen) atoms. The van der Waals surface area contributed by atoms with E-state index in [1.807, 2.05) is 77.5 Å². The average molecular weight is 365 g/mol. The molecule has 1 atom stereocenters. The van der Waals surface area contributed by atoms with E-state index in [1.54, 1.807) is 6.92 Å². The van der Waals surface area contributed by atoms with Crippen LogP contribution in [-0.4, -0.2) is 17.6 Å². The molecule has 0 unspecified atom stereocenters. The maximum atomic E-state index is 12.6. The van der Waals surface area contributed by atoms with Gasteiger partial charge in [-0.3, -0.25) is 4.79 Å². The fourth-order valence-electron chi connectivity index (χ4n) is 3.00. The SMILES string of the molecule is C[C@](O)(CNC(=O)CC(c1ccccc1)c1ccccc1)c1ccsc1. The summed E-state index contributed by atoms with van der Waals surface area (Å²) in [4.78, 5) is 12.6. The molecule has 0 bridgehead atoms. The number of aliphatic hydroxyl groups is 1. The number of hydrogen-bond donors (Lipinski definition) is 2. The van der Waals surface area contributed by atoms with Gasteiger partial charge in [0, 0.05) is 12.3 Å². The number of hydrogen-bond acceptors (Lipinski definition) is 3. The van der Waals surface area contributed by atoms with Crippen LogP contribution in [0.3, 0.4) is 0 Å². The zero-order valence-electron chi connectivity index (χ0n) is 14.8. The van der Waals surface area contributed by atoms with E-state index in [9.17, 15) is 9.90 Å². The molecule has 3 nitrogen and oxygen atoms in total. The van der Waals surface area contributed by atoms with E-state index in [2.05, 4.69) is 5.32 Å². The lowest BCUT2D eigenvalue weighted by Crippen LogP contribution is -2.38. The summed E-state index contributed by atoms with van der Waals surface area (Å²) < 4.78 is 0. The maximum Gasteiger partial charge on any atom is 0.221 e. The number of nitrogens with one attached hydrogen (secondary N) is 1. The van der Waals surface area contributed by atoms with Crippen molar-refractivity contribution in [2.45, 2.75) is 24.9 Å². The topological polar surface area (TPSA) is 49.3 Å². The van der Waals surface area contributed by atoms with Crippen LogP contribution in [0.2, 0.25) is 0 Å². The predicted molar refractivity (Wildman–Crippen MR) is 106 cm³/mol. The quantitative estimate of drug-likeness (QED) is 0.656. The van der Waals surface area contributed by atoms with Crippen LogP contribution >= 0.6 is 11.3 Å². The van der Waals surface area contributed by atoms with Crippen LogP contribution in [0.5, 0.6) is 0 Å². The molecule has 0 aliphatic rings. The number of carbonyl (C=O) groups is 1. The third-order valence-corrected chi connectivity index (χ3v) is 5.25. The van der Waals surface area contributed by atoms with Gasteiger partial charge in [0.05, 0.1) is 6.54 Å². The van der Waals surface area contributed by atoms with Gasteiger partial charge in [0.15, 0.2) is 0 Å². The van der Waals surface area contributed by atoms with E-state index in [0.717, 1.165) is 16.7 Å². The number of benzene rings is 2. The predicted octanol–water partition coefficient (Wildman–Crippen LogP) is 4.29. The van der Waals surface area contributed by atoms with Crippen LogP contribution in [0.4, 0.5) is 0 Å². The zero-order valence-corrected chi connectivity index (χ0v) is 15.6. The average Bonchev–Trinajstić information content (AvgIpc) is 3.22. The van der Waals surface area contributed by atoms with Crippen LogP contribution in [0, 0.1) is 0 Å². The molecule has 0 aliphatic carbocycles. The van der Waals surface area contributed by atoms with Gasteiger partial charge in [-0.25, -0.2) is 0 Å². The molecule has 134 valence electrons. The summed E-state index contributed by atoms with van der Waals surface area (Å²) in [7, 11) is 0. The fraction of sp³-hybridized carbons (Fsp3) is 0.227. The molecular weight excluding hydrogens is 342 g/mol. The van der Waals surface area contributed by atoms with Gasteiger partial charge in [-0.2, -0.15) is 11.3 Å². The highest BCUT2D eigenvalue weighted by atomic mass is 32.1. The standard InChI is InChI=1S/C22H23NO2S/c1-22(25,19-12-13-26-15-19)16-23-21(24)14-20(17-8-4-2-5-9-17)18-10-6-3-7-11-18/h2-13,15,20,25H,14,16H2,1H3,(H,23,24)/t22-/m0/s1. The van der Waals surface area contributed by atoms with Gasteiger partial charge < -0.3 is 10.4 Å². The molecule has 1 aromatic heterocycles. The Balaban J connectivity index is 1.70. The van der Waals surface area contributed by atoms with Gasteiger partial charge in [-0.05, 0) is 40.4 Å². The Labute approximate surface area is 158 Å². The second-order valence-electron chi connectivity index (χ2n) is 6.64. The number of carbonyl (C=O) groups excluding carboxylic acids is 1. The summed E-state index contributed by atoms with van der Waals surface area (Å²) >= 11 is 1.53. The van der Waals surface area contributed by atoms with Crippen molar-refractivity contribution in [1.29, 1.82) is 0 Å². The minimum absolute atomic E-state index is 0.0107. The van der Waals surface area contributed by atoms with Crippen LogP contribution in [0.15, 0.2) is 77.5 Å². The Hall–Kier alpha value is -2.43. The van der Waals surface area contributed by atoms with Crippen LogP contribution < -0.4 is 5.32 Å². The monoisotopic (exact) mass is 365 g/mol. The van der Waals surface area contributed by atoms with Crippen molar-refractivity contribution in [2.24, 2.45) is 0 Å². The lowest BCUT2D eigenvalue weighted by atomic mass is 9.88. The lowest BCUT2D eigenvalue weighted by Gasteiger charge is -2.24. The highest BCUT2D eigenvalue weighted by Gasteiger charge is 2.25. The second kappa shape index (κ2) is 8.30.